The second-order valence-electron chi connectivity index (χ2n) is 3.43. The Balaban J connectivity index is 2.30. The second-order valence-corrected chi connectivity index (χ2v) is 3.43. The van der Waals surface area contributed by atoms with Crippen LogP contribution in [-0.2, 0) is 4.74 Å². The van der Waals surface area contributed by atoms with Gasteiger partial charge in [-0.3, -0.25) is 0 Å². The number of amides is 1. The van der Waals surface area contributed by atoms with Gasteiger partial charge in [0.2, 0.25) is 0 Å². The Bertz CT molecular complexity index is 408. The number of alkyl carbamates (subject to hydrolysis) is 1. The van der Waals surface area contributed by atoms with E-state index in [0.29, 0.717) is 5.56 Å². The van der Waals surface area contributed by atoms with Crippen LogP contribution in [0.2, 0.25) is 0 Å². The highest BCUT2D eigenvalue weighted by molar-refractivity contribution is 5.70. The van der Waals surface area contributed by atoms with Crippen molar-refractivity contribution in [3.05, 3.63) is 35.4 Å². The summed E-state index contributed by atoms with van der Waals surface area (Å²) >= 11 is 0. The number of hydrogen-bond acceptors (Lipinski definition) is 2. The molecule has 1 aliphatic rings. The molecule has 1 N–H and O–H groups in total. The maximum atomic E-state index is 12.9. The lowest BCUT2D eigenvalue weighted by atomic mass is 10.0. The summed E-state index contributed by atoms with van der Waals surface area (Å²) in [6.45, 7) is 1.73. The van der Waals surface area contributed by atoms with Crippen LogP contribution in [0.15, 0.2) is 18.2 Å². The van der Waals surface area contributed by atoms with E-state index in [2.05, 4.69) is 5.32 Å². The zero-order chi connectivity index (χ0) is 11.0. The largest absolute Gasteiger partial charge is 0.439 e. The van der Waals surface area contributed by atoms with Crippen molar-refractivity contribution in [2.45, 2.75) is 19.1 Å². The number of carbonyl (C=O) groups excluding carboxylic acids is 1. The van der Waals surface area contributed by atoms with Crippen LogP contribution in [-0.4, -0.2) is 12.1 Å². The van der Waals surface area contributed by atoms with E-state index in [-0.39, 0.29) is 6.04 Å². The zero-order valence-corrected chi connectivity index (χ0v) is 7.96. The van der Waals surface area contributed by atoms with Crippen LogP contribution in [0, 0.1) is 11.6 Å². The van der Waals surface area contributed by atoms with Crippen molar-refractivity contribution in [2.24, 2.45) is 0 Å². The van der Waals surface area contributed by atoms with Gasteiger partial charge in [0.15, 0.2) is 11.6 Å². The fourth-order valence-corrected chi connectivity index (χ4v) is 1.56. The van der Waals surface area contributed by atoms with Gasteiger partial charge < -0.3 is 10.1 Å². The Morgan fingerprint density at radius 3 is 2.60 bits per heavy atom. The van der Waals surface area contributed by atoms with Crippen LogP contribution in [0.25, 0.3) is 0 Å². The highest BCUT2D eigenvalue weighted by Gasteiger charge is 2.32. The highest BCUT2D eigenvalue weighted by Crippen LogP contribution is 2.26. The summed E-state index contributed by atoms with van der Waals surface area (Å²) in [7, 11) is 0. The molecule has 1 amide bonds. The summed E-state index contributed by atoms with van der Waals surface area (Å²) < 4.78 is 30.5. The second kappa shape index (κ2) is 3.49. The van der Waals surface area contributed by atoms with Crippen LogP contribution < -0.4 is 5.32 Å². The minimum Gasteiger partial charge on any atom is -0.439 e. The predicted molar refractivity (Wildman–Crippen MR) is 48.2 cm³/mol. The fraction of sp³-hybridized carbons (Fsp3) is 0.300. The van der Waals surface area contributed by atoms with Crippen molar-refractivity contribution in [3.63, 3.8) is 0 Å². The topological polar surface area (TPSA) is 38.3 Å². The highest BCUT2D eigenvalue weighted by atomic mass is 19.2. The van der Waals surface area contributed by atoms with Crippen molar-refractivity contribution in [3.8, 4) is 0 Å². The molecule has 0 aliphatic carbocycles. The van der Waals surface area contributed by atoms with Crippen LogP contribution in [0.4, 0.5) is 13.6 Å². The Hall–Kier alpha value is -1.65. The number of rotatable bonds is 1. The Labute approximate surface area is 85.0 Å². The van der Waals surface area contributed by atoms with Gasteiger partial charge in [-0.05, 0) is 24.6 Å². The van der Waals surface area contributed by atoms with Gasteiger partial charge >= 0.3 is 6.09 Å². The third-order valence-electron chi connectivity index (χ3n) is 2.31. The summed E-state index contributed by atoms with van der Waals surface area (Å²) in [6.07, 6.45) is -1.11. The maximum Gasteiger partial charge on any atom is 0.408 e. The van der Waals surface area contributed by atoms with E-state index in [9.17, 15) is 13.6 Å². The molecule has 0 spiro atoms. The molecule has 0 unspecified atom stereocenters. The standard InChI is InChI=1S/C10H9F2NO2/c1-5-9(15-10(14)13-5)6-2-3-7(11)8(12)4-6/h2-5,9H,1H3,(H,13,14)/t5-,9+/m0/s1. The van der Waals surface area contributed by atoms with E-state index in [1.807, 2.05) is 0 Å². The monoisotopic (exact) mass is 213 g/mol. The number of hydrogen-bond donors (Lipinski definition) is 1. The summed E-state index contributed by atoms with van der Waals surface area (Å²) in [5.74, 6) is -1.86. The molecule has 80 valence electrons. The van der Waals surface area contributed by atoms with E-state index >= 15 is 0 Å². The van der Waals surface area contributed by atoms with Crippen LogP contribution in [0.5, 0.6) is 0 Å². The molecule has 1 heterocycles. The minimum absolute atomic E-state index is 0.248. The molecule has 1 aromatic rings. The van der Waals surface area contributed by atoms with Gasteiger partial charge in [0.1, 0.15) is 6.10 Å². The molecule has 1 aliphatic heterocycles. The lowest BCUT2D eigenvalue weighted by Gasteiger charge is -2.12. The summed E-state index contributed by atoms with van der Waals surface area (Å²) in [5.41, 5.74) is 0.444. The lowest BCUT2D eigenvalue weighted by molar-refractivity contribution is 0.133. The van der Waals surface area contributed by atoms with Crippen molar-refractivity contribution in [1.82, 2.24) is 5.32 Å². The molecule has 5 heteroatoms. The number of halogens is 2. The van der Waals surface area contributed by atoms with E-state index in [4.69, 9.17) is 4.74 Å². The van der Waals surface area contributed by atoms with E-state index < -0.39 is 23.8 Å². The minimum atomic E-state index is -0.942. The number of benzene rings is 1. The molecule has 0 saturated carbocycles. The van der Waals surface area contributed by atoms with Crippen molar-refractivity contribution in [2.75, 3.05) is 0 Å². The molecule has 15 heavy (non-hydrogen) atoms. The predicted octanol–water partition coefficient (Wildman–Crippen LogP) is 2.13. The summed E-state index contributed by atoms with van der Waals surface area (Å²) in [4.78, 5) is 10.9. The van der Waals surface area contributed by atoms with Crippen LogP contribution >= 0.6 is 0 Å². The summed E-state index contributed by atoms with van der Waals surface area (Å²) in [6, 6.07) is 3.21. The summed E-state index contributed by atoms with van der Waals surface area (Å²) in [5, 5.41) is 2.52. The lowest BCUT2D eigenvalue weighted by Crippen LogP contribution is -2.23. The van der Waals surface area contributed by atoms with Gasteiger partial charge in [-0.1, -0.05) is 6.07 Å². The Kier molecular flexibility index (Phi) is 2.30. The van der Waals surface area contributed by atoms with Gasteiger partial charge in [-0.2, -0.15) is 0 Å². The zero-order valence-electron chi connectivity index (χ0n) is 7.96. The SMILES string of the molecule is C[C@@H]1NC(=O)O[C@H]1c1ccc(F)c(F)c1. The molecule has 1 saturated heterocycles. The first-order valence-electron chi connectivity index (χ1n) is 4.50. The van der Waals surface area contributed by atoms with Crippen molar-refractivity contribution in [1.29, 1.82) is 0 Å². The van der Waals surface area contributed by atoms with E-state index in [1.54, 1.807) is 6.92 Å². The Morgan fingerprint density at radius 1 is 1.33 bits per heavy atom. The Morgan fingerprint density at radius 2 is 2.07 bits per heavy atom. The molecule has 0 aromatic heterocycles. The van der Waals surface area contributed by atoms with Crippen LogP contribution in [0.3, 0.4) is 0 Å². The normalized spacial score (nSPS) is 24.9. The van der Waals surface area contributed by atoms with E-state index in [1.165, 1.54) is 6.07 Å². The first kappa shape index (κ1) is 9.89. The third kappa shape index (κ3) is 1.77. The van der Waals surface area contributed by atoms with Gasteiger partial charge in [0.05, 0.1) is 6.04 Å². The first-order valence-corrected chi connectivity index (χ1v) is 4.50. The quantitative estimate of drug-likeness (QED) is 0.776. The molecule has 0 bridgehead atoms. The first-order chi connectivity index (χ1) is 7.08. The number of nitrogens with one attached hydrogen (secondary N) is 1. The van der Waals surface area contributed by atoms with E-state index in [0.717, 1.165) is 12.1 Å². The van der Waals surface area contributed by atoms with Gasteiger partial charge in [0, 0.05) is 0 Å². The average molecular weight is 213 g/mol. The number of ether oxygens (including phenoxy) is 1. The molecular weight excluding hydrogens is 204 g/mol. The maximum absolute atomic E-state index is 12.9. The fourth-order valence-electron chi connectivity index (χ4n) is 1.56. The number of carbonyl (C=O) groups is 1. The van der Waals surface area contributed by atoms with Crippen molar-refractivity contribution >= 4 is 6.09 Å². The number of cyclic esters (lactones) is 1. The smallest absolute Gasteiger partial charge is 0.408 e. The molecule has 2 rings (SSSR count). The molecular formula is C10H9F2NO2. The molecule has 0 radical (unpaired) electrons. The molecule has 1 aromatic carbocycles. The van der Waals surface area contributed by atoms with Crippen LogP contribution in [0.1, 0.15) is 18.6 Å². The van der Waals surface area contributed by atoms with Crippen molar-refractivity contribution < 1.29 is 18.3 Å². The van der Waals surface area contributed by atoms with Gasteiger partial charge in [0.25, 0.3) is 0 Å². The third-order valence-corrected chi connectivity index (χ3v) is 2.31. The van der Waals surface area contributed by atoms with Gasteiger partial charge in [-0.15, -0.1) is 0 Å². The molecule has 3 nitrogen and oxygen atoms in total. The van der Waals surface area contributed by atoms with Gasteiger partial charge in [-0.25, -0.2) is 13.6 Å². The molecule has 2 atom stereocenters. The average Bonchev–Trinajstić information content (AvgIpc) is 2.50. The molecule has 1 fully saturated rings.